The number of nitrogen functional groups attached to an aromatic ring is 1. The molecule has 2 rings (SSSR count). The van der Waals surface area contributed by atoms with Crippen molar-refractivity contribution in [2.75, 3.05) is 5.73 Å². The van der Waals surface area contributed by atoms with Gasteiger partial charge in [-0.1, -0.05) is 6.07 Å². The lowest BCUT2D eigenvalue weighted by Gasteiger charge is -2.07. The van der Waals surface area contributed by atoms with Gasteiger partial charge in [-0.2, -0.15) is 0 Å². The number of hydrogen-bond acceptors (Lipinski definition) is 4. The Morgan fingerprint density at radius 3 is 2.73 bits per heavy atom. The van der Waals surface area contributed by atoms with E-state index < -0.39 is 5.82 Å². The van der Waals surface area contributed by atoms with E-state index in [1.54, 1.807) is 19.1 Å². The molecule has 0 aliphatic carbocycles. The average molecular weight is 206 g/mol. The Morgan fingerprint density at radius 1 is 1.33 bits per heavy atom. The van der Waals surface area contributed by atoms with E-state index in [4.69, 9.17) is 11.5 Å². The first-order valence-corrected chi connectivity index (χ1v) is 4.57. The lowest BCUT2D eigenvalue weighted by atomic mass is 10.2. The molecule has 5 heteroatoms. The minimum atomic E-state index is -0.413. The molecule has 15 heavy (non-hydrogen) atoms. The Morgan fingerprint density at radius 2 is 2.07 bits per heavy atom. The van der Waals surface area contributed by atoms with Gasteiger partial charge in [0, 0.05) is 5.39 Å². The third kappa shape index (κ3) is 1.61. The summed E-state index contributed by atoms with van der Waals surface area (Å²) in [5.74, 6) is 0.195. The van der Waals surface area contributed by atoms with Crippen LogP contribution in [0.5, 0.6) is 0 Å². The minimum Gasteiger partial charge on any atom is -0.383 e. The SMILES string of the molecule is CC(N)c1nc(N)c2cccc(F)c2n1. The molecule has 0 spiro atoms. The van der Waals surface area contributed by atoms with Crippen molar-refractivity contribution in [1.82, 2.24) is 9.97 Å². The van der Waals surface area contributed by atoms with E-state index in [2.05, 4.69) is 9.97 Å². The Labute approximate surface area is 86.1 Å². The van der Waals surface area contributed by atoms with Gasteiger partial charge in [0.1, 0.15) is 23.0 Å². The Bertz CT molecular complexity index is 510. The fourth-order valence-electron chi connectivity index (χ4n) is 1.36. The fourth-order valence-corrected chi connectivity index (χ4v) is 1.36. The van der Waals surface area contributed by atoms with Crippen molar-refractivity contribution in [3.05, 3.63) is 29.8 Å². The van der Waals surface area contributed by atoms with Crippen molar-refractivity contribution in [2.45, 2.75) is 13.0 Å². The molecule has 0 aliphatic heterocycles. The van der Waals surface area contributed by atoms with E-state index in [0.29, 0.717) is 11.2 Å². The molecule has 0 amide bonds. The van der Waals surface area contributed by atoms with Gasteiger partial charge in [-0.25, -0.2) is 14.4 Å². The summed E-state index contributed by atoms with van der Waals surface area (Å²) in [6.45, 7) is 1.72. The molecule has 1 unspecified atom stereocenters. The highest BCUT2D eigenvalue weighted by Crippen LogP contribution is 2.21. The van der Waals surface area contributed by atoms with E-state index in [1.165, 1.54) is 6.07 Å². The maximum absolute atomic E-state index is 13.4. The van der Waals surface area contributed by atoms with Gasteiger partial charge in [0.15, 0.2) is 0 Å². The largest absolute Gasteiger partial charge is 0.383 e. The molecule has 0 fully saturated rings. The number of anilines is 1. The zero-order valence-electron chi connectivity index (χ0n) is 8.24. The van der Waals surface area contributed by atoms with Crippen LogP contribution in [0.4, 0.5) is 10.2 Å². The molecule has 2 aromatic rings. The van der Waals surface area contributed by atoms with E-state index in [0.717, 1.165) is 0 Å². The molecular formula is C10H11FN4. The first-order chi connectivity index (χ1) is 7.09. The van der Waals surface area contributed by atoms with Gasteiger partial charge >= 0.3 is 0 Å². The summed E-state index contributed by atoms with van der Waals surface area (Å²) in [4.78, 5) is 8.06. The van der Waals surface area contributed by atoms with Gasteiger partial charge in [-0.15, -0.1) is 0 Å². The van der Waals surface area contributed by atoms with Crippen LogP contribution >= 0.6 is 0 Å². The Kier molecular flexibility index (Phi) is 2.24. The number of nitrogens with two attached hydrogens (primary N) is 2. The van der Waals surface area contributed by atoms with Crippen LogP contribution in [0.3, 0.4) is 0 Å². The van der Waals surface area contributed by atoms with Crippen molar-refractivity contribution < 1.29 is 4.39 Å². The maximum atomic E-state index is 13.4. The number of benzene rings is 1. The summed E-state index contributed by atoms with van der Waals surface area (Å²) in [6, 6.07) is 4.22. The van der Waals surface area contributed by atoms with Crippen LogP contribution in [0.1, 0.15) is 18.8 Å². The Hall–Kier alpha value is -1.75. The standard InChI is InChI=1S/C10H11FN4/c1-5(12)10-14-8-6(9(13)15-10)3-2-4-7(8)11/h2-5H,12H2,1H3,(H2,13,14,15). The summed E-state index contributed by atoms with van der Waals surface area (Å²) in [7, 11) is 0. The van der Waals surface area contributed by atoms with E-state index in [-0.39, 0.29) is 17.4 Å². The molecule has 78 valence electrons. The number of nitrogens with zero attached hydrogens (tertiary/aromatic N) is 2. The fraction of sp³-hybridized carbons (Fsp3) is 0.200. The zero-order valence-corrected chi connectivity index (χ0v) is 8.24. The average Bonchev–Trinajstić information content (AvgIpc) is 2.19. The lowest BCUT2D eigenvalue weighted by molar-refractivity contribution is 0.634. The summed E-state index contributed by atoms with van der Waals surface area (Å²) in [5, 5.41) is 0.513. The number of halogens is 1. The van der Waals surface area contributed by atoms with E-state index in [1.807, 2.05) is 0 Å². The van der Waals surface area contributed by atoms with Crippen molar-refractivity contribution in [2.24, 2.45) is 5.73 Å². The highest BCUT2D eigenvalue weighted by molar-refractivity contribution is 5.88. The quantitative estimate of drug-likeness (QED) is 0.738. The summed E-state index contributed by atoms with van der Waals surface area (Å²) >= 11 is 0. The van der Waals surface area contributed by atoms with Gasteiger partial charge in [-0.05, 0) is 19.1 Å². The number of aromatic nitrogens is 2. The second kappa shape index (κ2) is 3.43. The van der Waals surface area contributed by atoms with E-state index in [9.17, 15) is 4.39 Å². The summed E-state index contributed by atoms with van der Waals surface area (Å²) in [5.41, 5.74) is 11.5. The van der Waals surface area contributed by atoms with Crippen LogP contribution in [0, 0.1) is 5.82 Å². The van der Waals surface area contributed by atoms with Crippen LogP contribution in [0.15, 0.2) is 18.2 Å². The number of para-hydroxylation sites is 1. The second-order valence-corrected chi connectivity index (χ2v) is 3.39. The Balaban J connectivity index is 2.80. The third-order valence-corrected chi connectivity index (χ3v) is 2.13. The summed E-state index contributed by atoms with van der Waals surface area (Å²) < 4.78 is 13.4. The molecule has 0 bridgehead atoms. The normalized spacial score (nSPS) is 13.0. The number of hydrogen-bond donors (Lipinski definition) is 2. The van der Waals surface area contributed by atoms with Crippen molar-refractivity contribution >= 4 is 16.7 Å². The van der Waals surface area contributed by atoms with Crippen LogP contribution in [-0.2, 0) is 0 Å². The predicted molar refractivity (Wildman–Crippen MR) is 56.5 cm³/mol. The smallest absolute Gasteiger partial charge is 0.149 e. The van der Waals surface area contributed by atoms with Crippen LogP contribution < -0.4 is 11.5 Å². The maximum Gasteiger partial charge on any atom is 0.149 e. The molecule has 4 N–H and O–H groups in total. The molecule has 0 saturated heterocycles. The molecule has 1 aromatic carbocycles. The summed E-state index contributed by atoms with van der Waals surface area (Å²) in [6.07, 6.45) is 0. The highest BCUT2D eigenvalue weighted by atomic mass is 19.1. The molecule has 1 heterocycles. The van der Waals surface area contributed by atoms with Crippen LogP contribution in [-0.4, -0.2) is 9.97 Å². The topological polar surface area (TPSA) is 77.8 Å². The van der Waals surface area contributed by atoms with Crippen molar-refractivity contribution in [3.8, 4) is 0 Å². The molecule has 0 aliphatic rings. The van der Waals surface area contributed by atoms with Gasteiger partial charge in [0.2, 0.25) is 0 Å². The van der Waals surface area contributed by atoms with Gasteiger partial charge < -0.3 is 11.5 Å². The van der Waals surface area contributed by atoms with E-state index >= 15 is 0 Å². The van der Waals surface area contributed by atoms with Gasteiger partial charge in [-0.3, -0.25) is 0 Å². The first kappa shape index (κ1) is 9.79. The molecule has 1 aromatic heterocycles. The first-order valence-electron chi connectivity index (χ1n) is 4.57. The predicted octanol–water partition coefficient (Wildman–Crippen LogP) is 1.37. The van der Waals surface area contributed by atoms with Gasteiger partial charge in [0.05, 0.1) is 6.04 Å². The molecule has 1 atom stereocenters. The van der Waals surface area contributed by atoms with Crippen LogP contribution in [0.2, 0.25) is 0 Å². The lowest BCUT2D eigenvalue weighted by Crippen LogP contribution is -2.11. The zero-order chi connectivity index (χ0) is 11.0. The van der Waals surface area contributed by atoms with Crippen molar-refractivity contribution in [1.29, 1.82) is 0 Å². The van der Waals surface area contributed by atoms with Crippen molar-refractivity contribution in [3.63, 3.8) is 0 Å². The van der Waals surface area contributed by atoms with Crippen LogP contribution in [0.25, 0.3) is 10.9 Å². The monoisotopic (exact) mass is 206 g/mol. The molecule has 0 saturated carbocycles. The van der Waals surface area contributed by atoms with Gasteiger partial charge in [0.25, 0.3) is 0 Å². The molecule has 4 nitrogen and oxygen atoms in total. The molecular weight excluding hydrogens is 195 g/mol. The number of rotatable bonds is 1. The second-order valence-electron chi connectivity index (χ2n) is 3.39. The number of fused-ring (bicyclic) bond motifs is 1. The molecule has 0 radical (unpaired) electrons. The highest BCUT2D eigenvalue weighted by Gasteiger charge is 2.10. The third-order valence-electron chi connectivity index (χ3n) is 2.13. The minimum absolute atomic E-state index is 0.220.